The van der Waals surface area contributed by atoms with E-state index in [0.29, 0.717) is 25.9 Å². The van der Waals surface area contributed by atoms with Crippen LogP contribution >= 0.6 is 0 Å². The van der Waals surface area contributed by atoms with Gasteiger partial charge in [-0.15, -0.1) is 0 Å². The second-order valence-corrected chi connectivity index (χ2v) is 4.51. The van der Waals surface area contributed by atoms with Crippen LogP contribution < -0.4 is 0 Å². The molecular weight excluding hydrogens is 217 g/mol. The Balaban J connectivity index is 2.23. The summed E-state index contributed by atoms with van der Waals surface area (Å²) < 4.78 is 13.3. The van der Waals surface area contributed by atoms with Crippen molar-refractivity contribution in [2.75, 3.05) is 13.1 Å². The van der Waals surface area contributed by atoms with Crippen LogP contribution in [0.25, 0.3) is 0 Å². The molecule has 2 atom stereocenters. The first kappa shape index (κ1) is 12.2. The fourth-order valence-corrected chi connectivity index (χ4v) is 2.41. The zero-order valence-electron chi connectivity index (χ0n) is 10.1. The summed E-state index contributed by atoms with van der Waals surface area (Å²) in [4.78, 5) is 14.0. The smallest absolute Gasteiger partial charge is 0.154 e. The number of carbonyl (C=O) groups excluding carboxylic acids is 1. The Morgan fingerprint density at radius 2 is 2.18 bits per heavy atom. The minimum atomic E-state index is -0.786. The Morgan fingerprint density at radius 3 is 2.71 bits per heavy atom. The fourth-order valence-electron chi connectivity index (χ4n) is 2.41. The second kappa shape index (κ2) is 5.41. The van der Waals surface area contributed by atoms with Crippen molar-refractivity contribution in [3.8, 4) is 0 Å². The van der Waals surface area contributed by atoms with E-state index >= 15 is 0 Å². The maximum Gasteiger partial charge on any atom is 0.154 e. The predicted octanol–water partition coefficient (Wildman–Crippen LogP) is 2.75. The second-order valence-electron chi connectivity index (χ2n) is 4.51. The summed E-state index contributed by atoms with van der Waals surface area (Å²) in [6.07, 6.45) is 0.249. The highest BCUT2D eigenvalue weighted by molar-refractivity contribution is 5.85. The van der Waals surface area contributed by atoms with Crippen molar-refractivity contribution in [3.63, 3.8) is 0 Å². The van der Waals surface area contributed by atoms with Gasteiger partial charge in [-0.25, -0.2) is 4.39 Å². The van der Waals surface area contributed by atoms with Gasteiger partial charge in [0.25, 0.3) is 0 Å². The molecule has 1 saturated heterocycles. The number of alkyl halides is 1. The van der Waals surface area contributed by atoms with E-state index in [2.05, 4.69) is 0 Å². The first-order valence-corrected chi connectivity index (χ1v) is 6.18. The number of nitrogens with zero attached hydrogens (tertiary/aromatic N) is 1. The van der Waals surface area contributed by atoms with E-state index in [0.717, 1.165) is 5.56 Å². The number of carbonyl (C=O) groups is 1. The molecule has 0 aliphatic carbocycles. The summed E-state index contributed by atoms with van der Waals surface area (Å²) in [5, 5.41) is 0. The zero-order chi connectivity index (χ0) is 12.3. The molecule has 1 fully saturated rings. The molecule has 0 amide bonds. The van der Waals surface area contributed by atoms with E-state index in [-0.39, 0.29) is 11.8 Å². The summed E-state index contributed by atoms with van der Waals surface area (Å²) in [7, 11) is 0. The monoisotopic (exact) mass is 235 g/mol. The molecular formula is C14H18FNO. The van der Waals surface area contributed by atoms with Crippen LogP contribution in [0.3, 0.4) is 0 Å². The maximum absolute atomic E-state index is 13.3. The molecule has 2 unspecified atom stereocenters. The lowest BCUT2D eigenvalue weighted by molar-refractivity contribution is -0.123. The van der Waals surface area contributed by atoms with Gasteiger partial charge in [0.2, 0.25) is 0 Å². The third kappa shape index (κ3) is 2.72. The van der Waals surface area contributed by atoms with Gasteiger partial charge in [0.1, 0.15) is 6.17 Å². The van der Waals surface area contributed by atoms with Gasteiger partial charge in [0, 0.05) is 19.5 Å². The van der Waals surface area contributed by atoms with Gasteiger partial charge in [-0.3, -0.25) is 9.69 Å². The van der Waals surface area contributed by atoms with E-state index in [1.54, 1.807) is 0 Å². The lowest BCUT2D eigenvalue weighted by Crippen LogP contribution is -2.32. The van der Waals surface area contributed by atoms with Gasteiger partial charge in [-0.2, -0.15) is 0 Å². The number of hydrogen-bond acceptors (Lipinski definition) is 2. The molecule has 0 radical (unpaired) electrons. The van der Waals surface area contributed by atoms with Crippen molar-refractivity contribution in [1.29, 1.82) is 0 Å². The molecule has 92 valence electrons. The molecule has 2 rings (SSSR count). The van der Waals surface area contributed by atoms with Crippen molar-refractivity contribution in [3.05, 3.63) is 35.9 Å². The van der Waals surface area contributed by atoms with Gasteiger partial charge in [0.15, 0.2) is 5.78 Å². The van der Waals surface area contributed by atoms with Gasteiger partial charge in [-0.05, 0) is 12.0 Å². The fraction of sp³-hybridized carbons (Fsp3) is 0.500. The molecule has 0 aromatic heterocycles. The van der Waals surface area contributed by atoms with Crippen LogP contribution in [0, 0.1) is 0 Å². The Bertz CT molecular complexity index is 379. The molecule has 0 saturated carbocycles. The number of ketones is 1. The Morgan fingerprint density at radius 1 is 1.47 bits per heavy atom. The highest BCUT2D eigenvalue weighted by Gasteiger charge is 2.32. The van der Waals surface area contributed by atoms with Gasteiger partial charge >= 0.3 is 0 Å². The van der Waals surface area contributed by atoms with Crippen molar-refractivity contribution >= 4 is 5.78 Å². The number of Topliss-reactive ketones (excluding diaryl/α,β-unsaturated/α-hetero) is 1. The SMILES string of the molecule is CCC(=O)C(c1ccccc1)N1CCC(F)C1. The van der Waals surface area contributed by atoms with Crippen LogP contribution in [0.4, 0.5) is 4.39 Å². The first-order chi connectivity index (χ1) is 8.22. The molecule has 17 heavy (non-hydrogen) atoms. The summed E-state index contributed by atoms with van der Waals surface area (Å²) in [5.41, 5.74) is 0.980. The van der Waals surface area contributed by atoms with Crippen LogP contribution in [0.2, 0.25) is 0 Å². The van der Waals surface area contributed by atoms with Gasteiger partial charge in [-0.1, -0.05) is 37.3 Å². The van der Waals surface area contributed by atoms with Crippen molar-refractivity contribution in [1.82, 2.24) is 4.90 Å². The van der Waals surface area contributed by atoms with Crippen LogP contribution in [0.15, 0.2) is 30.3 Å². The van der Waals surface area contributed by atoms with Crippen LogP contribution in [-0.2, 0) is 4.79 Å². The molecule has 1 aliphatic rings. The summed E-state index contributed by atoms with van der Waals surface area (Å²) in [5.74, 6) is 0.172. The standard InChI is InChI=1S/C14H18FNO/c1-2-13(17)14(11-6-4-3-5-7-11)16-9-8-12(15)10-16/h3-7,12,14H,2,8-10H2,1H3. The zero-order valence-corrected chi connectivity index (χ0v) is 10.1. The van der Waals surface area contributed by atoms with E-state index < -0.39 is 6.17 Å². The molecule has 0 N–H and O–H groups in total. The van der Waals surface area contributed by atoms with E-state index in [1.807, 2.05) is 42.2 Å². The molecule has 0 bridgehead atoms. The van der Waals surface area contributed by atoms with Crippen LogP contribution in [0.1, 0.15) is 31.4 Å². The Hall–Kier alpha value is -1.22. The topological polar surface area (TPSA) is 20.3 Å². The van der Waals surface area contributed by atoms with Crippen LogP contribution in [0.5, 0.6) is 0 Å². The molecule has 1 aromatic rings. The Labute approximate surface area is 101 Å². The normalized spacial score (nSPS) is 22.6. The van der Waals surface area contributed by atoms with Crippen LogP contribution in [-0.4, -0.2) is 29.9 Å². The molecule has 2 nitrogen and oxygen atoms in total. The van der Waals surface area contributed by atoms with E-state index in [9.17, 15) is 9.18 Å². The summed E-state index contributed by atoms with van der Waals surface area (Å²) in [6.45, 7) is 2.92. The van der Waals surface area contributed by atoms with Crippen molar-refractivity contribution < 1.29 is 9.18 Å². The van der Waals surface area contributed by atoms with E-state index in [1.165, 1.54) is 0 Å². The lowest BCUT2D eigenvalue weighted by Gasteiger charge is -2.26. The first-order valence-electron chi connectivity index (χ1n) is 6.18. The summed E-state index contributed by atoms with van der Waals surface area (Å²) >= 11 is 0. The number of rotatable bonds is 4. The lowest BCUT2D eigenvalue weighted by atomic mass is 10.00. The van der Waals surface area contributed by atoms with Crippen molar-refractivity contribution in [2.24, 2.45) is 0 Å². The highest BCUT2D eigenvalue weighted by atomic mass is 19.1. The Kier molecular flexibility index (Phi) is 3.89. The third-order valence-corrected chi connectivity index (χ3v) is 3.30. The van der Waals surface area contributed by atoms with Gasteiger partial charge in [0.05, 0.1) is 6.04 Å². The average Bonchev–Trinajstić information content (AvgIpc) is 2.77. The largest absolute Gasteiger partial charge is 0.298 e. The number of hydrogen-bond donors (Lipinski definition) is 0. The third-order valence-electron chi connectivity index (χ3n) is 3.30. The molecule has 1 aromatic carbocycles. The average molecular weight is 235 g/mol. The number of likely N-dealkylation sites (tertiary alicyclic amines) is 1. The molecule has 0 spiro atoms. The molecule has 3 heteroatoms. The molecule has 1 heterocycles. The minimum absolute atomic E-state index is 0.172. The number of benzene rings is 1. The van der Waals surface area contributed by atoms with Crippen molar-refractivity contribution in [2.45, 2.75) is 32.0 Å². The quantitative estimate of drug-likeness (QED) is 0.799. The maximum atomic E-state index is 13.3. The summed E-state index contributed by atoms with van der Waals surface area (Å²) in [6, 6.07) is 9.41. The van der Waals surface area contributed by atoms with E-state index in [4.69, 9.17) is 0 Å². The highest BCUT2D eigenvalue weighted by Crippen LogP contribution is 2.27. The molecule has 1 aliphatic heterocycles. The number of halogens is 1. The minimum Gasteiger partial charge on any atom is -0.298 e. The van der Waals surface area contributed by atoms with Gasteiger partial charge < -0.3 is 0 Å². The predicted molar refractivity (Wildman–Crippen MR) is 65.6 cm³/mol.